The molecule has 0 saturated carbocycles. The molecule has 1 aromatic heterocycles. The van der Waals surface area contributed by atoms with Crippen molar-refractivity contribution in [2.45, 2.75) is 13.3 Å². The van der Waals surface area contributed by atoms with Gasteiger partial charge < -0.3 is 4.74 Å². The molecule has 1 amide bonds. The van der Waals surface area contributed by atoms with Crippen LogP contribution in [0, 0.1) is 6.92 Å². The van der Waals surface area contributed by atoms with E-state index in [1.807, 2.05) is 41.3 Å². The number of carbonyl (C=O) groups is 1. The molecule has 154 valence electrons. The molecule has 3 aromatic rings. The van der Waals surface area contributed by atoms with Crippen LogP contribution in [0.25, 0.3) is 10.2 Å². The smallest absolute Gasteiger partial charge is 0.233 e. The summed E-state index contributed by atoms with van der Waals surface area (Å²) in [7, 11) is 0. The number of morpholine rings is 1. The van der Waals surface area contributed by atoms with E-state index in [9.17, 15) is 4.79 Å². The highest BCUT2D eigenvalue weighted by Gasteiger charge is 2.21. The second-order valence-electron chi connectivity index (χ2n) is 7.13. The van der Waals surface area contributed by atoms with Crippen LogP contribution in [0.2, 0.25) is 0 Å². The summed E-state index contributed by atoms with van der Waals surface area (Å²) in [6.45, 7) is 6.91. The lowest BCUT2D eigenvalue weighted by Crippen LogP contribution is -2.43. The van der Waals surface area contributed by atoms with Crippen LogP contribution in [0.3, 0.4) is 0 Å². The monoisotopic (exact) mass is 431 g/mol. The Labute approximate surface area is 181 Å². The number of aryl methyl sites for hydroxylation is 1. The van der Waals surface area contributed by atoms with Crippen molar-refractivity contribution >= 4 is 45.0 Å². The fourth-order valence-electron chi connectivity index (χ4n) is 3.39. The molecule has 4 rings (SSSR count). The quantitative estimate of drug-likeness (QED) is 0.593. The van der Waals surface area contributed by atoms with Crippen molar-refractivity contribution in [2.75, 3.05) is 44.3 Å². The molecule has 2 heterocycles. The molecular formula is C22H26ClN3O2S. The van der Waals surface area contributed by atoms with Gasteiger partial charge in [-0.15, -0.1) is 12.4 Å². The summed E-state index contributed by atoms with van der Waals surface area (Å²) < 4.78 is 6.56. The van der Waals surface area contributed by atoms with Gasteiger partial charge in [-0.2, -0.15) is 0 Å². The summed E-state index contributed by atoms with van der Waals surface area (Å²) in [5.74, 6) is 0.0928. The van der Waals surface area contributed by atoms with Gasteiger partial charge in [-0.25, -0.2) is 4.98 Å². The van der Waals surface area contributed by atoms with E-state index in [1.54, 1.807) is 11.3 Å². The molecule has 0 spiro atoms. The van der Waals surface area contributed by atoms with Crippen molar-refractivity contribution in [3.8, 4) is 0 Å². The highest BCUT2D eigenvalue weighted by atomic mass is 35.5. The second kappa shape index (κ2) is 10.2. The van der Waals surface area contributed by atoms with Crippen molar-refractivity contribution < 1.29 is 9.53 Å². The molecule has 1 aliphatic heterocycles. The zero-order valence-electron chi connectivity index (χ0n) is 16.5. The average Bonchev–Trinajstić information content (AvgIpc) is 3.12. The summed E-state index contributed by atoms with van der Waals surface area (Å²) in [5, 5.41) is 0.787. The SMILES string of the molecule is Cc1ccc2nc(N(CCN3CCOCC3)C(=O)Cc3ccccc3)sc2c1.Cl. The number of halogens is 1. The van der Waals surface area contributed by atoms with Crippen molar-refractivity contribution in [3.63, 3.8) is 0 Å². The zero-order chi connectivity index (χ0) is 19.3. The van der Waals surface area contributed by atoms with Crippen LogP contribution in [0.15, 0.2) is 48.5 Å². The number of rotatable bonds is 6. The lowest BCUT2D eigenvalue weighted by Gasteiger charge is -2.29. The maximum absolute atomic E-state index is 13.2. The molecule has 29 heavy (non-hydrogen) atoms. The number of benzene rings is 2. The van der Waals surface area contributed by atoms with Gasteiger partial charge in [0, 0.05) is 26.2 Å². The summed E-state index contributed by atoms with van der Waals surface area (Å²) in [4.78, 5) is 22.2. The van der Waals surface area contributed by atoms with Crippen LogP contribution in [0.5, 0.6) is 0 Å². The molecule has 0 radical (unpaired) electrons. The molecule has 2 aromatic carbocycles. The van der Waals surface area contributed by atoms with Gasteiger partial charge in [0.15, 0.2) is 5.13 Å². The highest BCUT2D eigenvalue weighted by Crippen LogP contribution is 2.30. The number of nitrogens with zero attached hydrogens (tertiary/aromatic N) is 3. The van der Waals surface area contributed by atoms with E-state index in [2.05, 4.69) is 24.0 Å². The molecule has 1 aliphatic rings. The molecule has 0 aliphatic carbocycles. The van der Waals surface area contributed by atoms with Crippen LogP contribution in [-0.2, 0) is 16.0 Å². The maximum atomic E-state index is 13.2. The van der Waals surface area contributed by atoms with Crippen molar-refractivity contribution in [1.29, 1.82) is 0 Å². The van der Waals surface area contributed by atoms with Gasteiger partial charge in [-0.1, -0.05) is 47.7 Å². The number of fused-ring (bicyclic) bond motifs is 1. The van der Waals surface area contributed by atoms with E-state index in [0.717, 1.165) is 53.8 Å². The number of aromatic nitrogens is 1. The molecule has 0 atom stereocenters. The van der Waals surface area contributed by atoms with Crippen LogP contribution in [0.4, 0.5) is 5.13 Å². The lowest BCUT2D eigenvalue weighted by molar-refractivity contribution is -0.118. The Morgan fingerprint density at radius 1 is 1.17 bits per heavy atom. The average molecular weight is 432 g/mol. The van der Waals surface area contributed by atoms with Crippen molar-refractivity contribution in [3.05, 3.63) is 59.7 Å². The highest BCUT2D eigenvalue weighted by molar-refractivity contribution is 7.22. The summed E-state index contributed by atoms with van der Waals surface area (Å²) in [6.07, 6.45) is 0.388. The third-order valence-electron chi connectivity index (χ3n) is 5.01. The number of hydrogen-bond acceptors (Lipinski definition) is 5. The maximum Gasteiger partial charge on any atom is 0.233 e. The standard InChI is InChI=1S/C22H25N3O2S.ClH/c1-17-7-8-19-20(15-17)28-22(23-19)25(10-9-24-11-13-27-14-12-24)21(26)16-18-5-3-2-4-6-18;/h2-8,15H,9-14,16H2,1H3;1H. The number of carbonyl (C=O) groups excluding carboxylic acids is 1. The number of thiazole rings is 1. The number of hydrogen-bond donors (Lipinski definition) is 0. The minimum atomic E-state index is 0. The van der Waals surface area contributed by atoms with Gasteiger partial charge in [0.05, 0.1) is 29.9 Å². The number of anilines is 1. The van der Waals surface area contributed by atoms with E-state index in [-0.39, 0.29) is 18.3 Å². The van der Waals surface area contributed by atoms with Gasteiger partial charge >= 0.3 is 0 Å². The van der Waals surface area contributed by atoms with Crippen LogP contribution in [0.1, 0.15) is 11.1 Å². The van der Waals surface area contributed by atoms with E-state index >= 15 is 0 Å². The Kier molecular flexibility index (Phi) is 7.61. The fourth-order valence-corrected chi connectivity index (χ4v) is 4.50. The normalized spacial score (nSPS) is 14.5. The van der Waals surface area contributed by atoms with Gasteiger partial charge in [0.1, 0.15) is 0 Å². The zero-order valence-corrected chi connectivity index (χ0v) is 18.2. The third kappa shape index (κ3) is 5.54. The third-order valence-corrected chi connectivity index (χ3v) is 6.05. The van der Waals surface area contributed by atoms with E-state index in [0.29, 0.717) is 13.0 Å². The van der Waals surface area contributed by atoms with Gasteiger partial charge in [-0.3, -0.25) is 14.6 Å². The van der Waals surface area contributed by atoms with E-state index in [1.165, 1.54) is 5.56 Å². The minimum Gasteiger partial charge on any atom is -0.379 e. The van der Waals surface area contributed by atoms with Crippen LogP contribution in [-0.4, -0.2) is 55.2 Å². The molecular weight excluding hydrogens is 406 g/mol. The number of ether oxygens (including phenoxy) is 1. The molecule has 1 saturated heterocycles. The van der Waals surface area contributed by atoms with Crippen molar-refractivity contribution in [2.24, 2.45) is 0 Å². The topological polar surface area (TPSA) is 45.7 Å². The predicted molar refractivity (Wildman–Crippen MR) is 121 cm³/mol. The Hall–Kier alpha value is -1.99. The summed E-state index contributed by atoms with van der Waals surface area (Å²) >= 11 is 1.60. The van der Waals surface area contributed by atoms with Crippen molar-refractivity contribution in [1.82, 2.24) is 9.88 Å². The van der Waals surface area contributed by atoms with E-state index < -0.39 is 0 Å². The number of amides is 1. The van der Waals surface area contributed by atoms with Gasteiger partial charge in [-0.05, 0) is 30.2 Å². The lowest BCUT2D eigenvalue weighted by atomic mass is 10.1. The first kappa shape index (κ1) is 21.7. The Morgan fingerprint density at radius 3 is 2.69 bits per heavy atom. The van der Waals surface area contributed by atoms with Gasteiger partial charge in [0.2, 0.25) is 5.91 Å². The first-order valence-electron chi connectivity index (χ1n) is 9.70. The Bertz CT molecular complexity index is 942. The Morgan fingerprint density at radius 2 is 1.93 bits per heavy atom. The Balaban J connectivity index is 0.00000240. The first-order chi connectivity index (χ1) is 13.7. The van der Waals surface area contributed by atoms with Crippen LogP contribution < -0.4 is 4.90 Å². The molecule has 1 fully saturated rings. The van der Waals surface area contributed by atoms with Crippen LogP contribution >= 0.6 is 23.7 Å². The molecule has 0 N–H and O–H groups in total. The largest absolute Gasteiger partial charge is 0.379 e. The first-order valence-corrected chi connectivity index (χ1v) is 10.5. The summed E-state index contributed by atoms with van der Waals surface area (Å²) in [6, 6.07) is 16.2. The summed E-state index contributed by atoms with van der Waals surface area (Å²) in [5.41, 5.74) is 3.19. The molecule has 5 nitrogen and oxygen atoms in total. The van der Waals surface area contributed by atoms with E-state index in [4.69, 9.17) is 9.72 Å². The van der Waals surface area contributed by atoms with Gasteiger partial charge in [0.25, 0.3) is 0 Å². The molecule has 7 heteroatoms. The second-order valence-corrected chi connectivity index (χ2v) is 8.14. The molecule has 0 bridgehead atoms. The predicted octanol–water partition coefficient (Wildman–Crippen LogP) is 3.93. The molecule has 0 unspecified atom stereocenters. The fraction of sp³-hybridized carbons (Fsp3) is 0.364. The minimum absolute atomic E-state index is 0.